The molecule has 1 aromatic carbocycles. The second-order valence-corrected chi connectivity index (χ2v) is 7.78. The van der Waals surface area contributed by atoms with E-state index in [4.69, 9.17) is 4.74 Å². The zero-order valence-corrected chi connectivity index (χ0v) is 20.5. The minimum atomic E-state index is -0.0718. The van der Waals surface area contributed by atoms with Gasteiger partial charge in [-0.3, -0.25) is 4.79 Å². The number of aliphatic imine (C=N–C) groups is 1. The first-order valence-corrected chi connectivity index (χ1v) is 10.1. The molecule has 0 unspecified atom stereocenters. The minimum absolute atomic E-state index is 0. The summed E-state index contributed by atoms with van der Waals surface area (Å²) in [5, 5.41) is 7.72. The Hall–Kier alpha value is -1.88. The molecule has 29 heavy (non-hydrogen) atoms. The molecular formula is C20H30IN5O2S. The van der Waals surface area contributed by atoms with Crippen LogP contribution in [-0.4, -0.2) is 55.5 Å². The van der Waals surface area contributed by atoms with Crippen LogP contribution in [0.5, 0.6) is 5.75 Å². The quantitative estimate of drug-likeness (QED) is 0.296. The number of guanidine groups is 1. The predicted octanol–water partition coefficient (Wildman–Crippen LogP) is 2.83. The molecule has 1 aromatic heterocycles. The number of amides is 1. The third kappa shape index (κ3) is 9.44. The van der Waals surface area contributed by atoms with Gasteiger partial charge in [0.25, 0.3) is 5.91 Å². The van der Waals surface area contributed by atoms with Gasteiger partial charge in [0.05, 0.1) is 11.6 Å². The van der Waals surface area contributed by atoms with Crippen molar-refractivity contribution in [3.05, 3.63) is 45.9 Å². The summed E-state index contributed by atoms with van der Waals surface area (Å²) in [6, 6.07) is 7.65. The molecule has 0 aliphatic rings. The van der Waals surface area contributed by atoms with Crippen molar-refractivity contribution in [1.82, 2.24) is 20.5 Å². The second kappa shape index (κ2) is 13.4. The molecule has 2 aromatic rings. The summed E-state index contributed by atoms with van der Waals surface area (Å²) < 4.78 is 5.56. The maximum atomic E-state index is 11.7. The topological polar surface area (TPSA) is 78.9 Å². The van der Waals surface area contributed by atoms with E-state index in [-0.39, 0.29) is 36.5 Å². The summed E-state index contributed by atoms with van der Waals surface area (Å²) in [6.07, 6.45) is 2.77. The Bertz CT molecular complexity index is 795. The van der Waals surface area contributed by atoms with Crippen LogP contribution in [0.25, 0.3) is 0 Å². The Kier molecular flexibility index (Phi) is 11.6. The maximum Gasteiger partial charge on any atom is 0.259 e. The first kappa shape index (κ1) is 25.2. The van der Waals surface area contributed by atoms with Crippen molar-refractivity contribution in [3.8, 4) is 5.75 Å². The SMILES string of the molecule is CCNC(=NCc1cccc(OCC(=O)N(C)C)c1)NCCc1ncc(C)s1.I. The van der Waals surface area contributed by atoms with Gasteiger partial charge in [0, 0.05) is 44.7 Å². The fourth-order valence-corrected chi connectivity index (χ4v) is 3.11. The highest BCUT2D eigenvalue weighted by molar-refractivity contribution is 14.0. The number of nitrogens with zero attached hydrogens (tertiary/aromatic N) is 3. The molecule has 1 amide bonds. The second-order valence-electron chi connectivity index (χ2n) is 6.46. The predicted molar refractivity (Wildman–Crippen MR) is 129 cm³/mol. The van der Waals surface area contributed by atoms with E-state index in [9.17, 15) is 4.79 Å². The fourth-order valence-electron chi connectivity index (χ4n) is 2.32. The van der Waals surface area contributed by atoms with Gasteiger partial charge in [-0.15, -0.1) is 35.3 Å². The van der Waals surface area contributed by atoms with Crippen molar-refractivity contribution in [1.29, 1.82) is 0 Å². The van der Waals surface area contributed by atoms with Gasteiger partial charge in [0.2, 0.25) is 0 Å². The van der Waals surface area contributed by atoms with E-state index < -0.39 is 0 Å². The molecule has 160 valence electrons. The maximum absolute atomic E-state index is 11.7. The van der Waals surface area contributed by atoms with E-state index in [1.807, 2.05) is 37.4 Å². The van der Waals surface area contributed by atoms with Crippen molar-refractivity contribution in [2.45, 2.75) is 26.8 Å². The molecule has 0 fully saturated rings. The summed E-state index contributed by atoms with van der Waals surface area (Å²) >= 11 is 1.72. The number of hydrogen-bond donors (Lipinski definition) is 2. The van der Waals surface area contributed by atoms with Crippen molar-refractivity contribution in [3.63, 3.8) is 0 Å². The summed E-state index contributed by atoms with van der Waals surface area (Å²) in [5.41, 5.74) is 1.02. The van der Waals surface area contributed by atoms with Crippen LogP contribution in [0.15, 0.2) is 35.5 Å². The highest BCUT2D eigenvalue weighted by atomic mass is 127. The number of hydrogen-bond acceptors (Lipinski definition) is 5. The van der Waals surface area contributed by atoms with Crippen molar-refractivity contribution in [2.24, 2.45) is 4.99 Å². The van der Waals surface area contributed by atoms with Crippen molar-refractivity contribution < 1.29 is 9.53 Å². The standard InChI is InChI=1S/C20H29N5O2S.HI/c1-5-21-20(22-10-9-18-23-12-15(2)28-18)24-13-16-7-6-8-17(11-16)27-14-19(26)25(3)4;/h6-8,11-12H,5,9-10,13-14H2,1-4H3,(H2,21,22,24);1H. The normalized spacial score (nSPS) is 10.8. The zero-order chi connectivity index (χ0) is 20.4. The van der Waals surface area contributed by atoms with Crippen LogP contribution in [0.4, 0.5) is 0 Å². The van der Waals surface area contributed by atoms with E-state index in [0.29, 0.717) is 12.3 Å². The number of halogens is 1. The lowest BCUT2D eigenvalue weighted by atomic mass is 10.2. The zero-order valence-electron chi connectivity index (χ0n) is 17.4. The third-order valence-electron chi connectivity index (χ3n) is 3.82. The van der Waals surface area contributed by atoms with Gasteiger partial charge >= 0.3 is 0 Å². The molecular weight excluding hydrogens is 501 g/mol. The van der Waals surface area contributed by atoms with E-state index in [1.165, 1.54) is 9.78 Å². The van der Waals surface area contributed by atoms with Crippen LogP contribution in [0, 0.1) is 6.92 Å². The molecule has 2 rings (SSSR count). The van der Waals surface area contributed by atoms with E-state index >= 15 is 0 Å². The average Bonchev–Trinajstić information content (AvgIpc) is 3.09. The molecule has 0 bridgehead atoms. The molecule has 0 spiro atoms. The fraction of sp³-hybridized carbons (Fsp3) is 0.450. The Morgan fingerprint density at radius 2 is 2.10 bits per heavy atom. The number of likely N-dealkylation sites (N-methyl/N-ethyl adjacent to an activating group) is 1. The van der Waals surface area contributed by atoms with Crippen LogP contribution in [-0.2, 0) is 17.8 Å². The molecule has 9 heteroatoms. The summed E-state index contributed by atoms with van der Waals surface area (Å²) in [5.74, 6) is 1.36. The summed E-state index contributed by atoms with van der Waals surface area (Å²) in [4.78, 5) is 23.4. The van der Waals surface area contributed by atoms with Crippen molar-refractivity contribution >= 4 is 47.2 Å². The Morgan fingerprint density at radius 1 is 1.31 bits per heavy atom. The lowest BCUT2D eigenvalue weighted by Crippen LogP contribution is -2.38. The van der Waals surface area contributed by atoms with Crippen LogP contribution in [0.2, 0.25) is 0 Å². The monoisotopic (exact) mass is 531 g/mol. The molecule has 0 saturated heterocycles. The summed E-state index contributed by atoms with van der Waals surface area (Å²) in [7, 11) is 3.42. The first-order chi connectivity index (χ1) is 13.5. The molecule has 0 aliphatic carbocycles. The molecule has 0 radical (unpaired) electrons. The molecule has 7 nitrogen and oxygen atoms in total. The Labute approximate surface area is 194 Å². The number of benzene rings is 1. The van der Waals surface area contributed by atoms with Gasteiger partial charge in [-0.2, -0.15) is 0 Å². The molecule has 1 heterocycles. The third-order valence-corrected chi connectivity index (χ3v) is 4.80. The highest BCUT2D eigenvalue weighted by Crippen LogP contribution is 2.14. The number of rotatable bonds is 9. The van der Waals surface area contributed by atoms with Crippen LogP contribution >= 0.6 is 35.3 Å². The number of aryl methyl sites for hydroxylation is 1. The number of thiazole rings is 1. The number of nitrogens with one attached hydrogen (secondary N) is 2. The van der Waals surface area contributed by atoms with Gasteiger partial charge in [-0.1, -0.05) is 12.1 Å². The number of carbonyl (C=O) groups excluding carboxylic acids is 1. The van der Waals surface area contributed by atoms with Gasteiger partial charge in [0.15, 0.2) is 12.6 Å². The minimum Gasteiger partial charge on any atom is -0.484 e. The number of aromatic nitrogens is 1. The highest BCUT2D eigenvalue weighted by Gasteiger charge is 2.06. The molecule has 0 aliphatic heterocycles. The first-order valence-electron chi connectivity index (χ1n) is 9.33. The smallest absolute Gasteiger partial charge is 0.259 e. The largest absolute Gasteiger partial charge is 0.484 e. The average molecular weight is 531 g/mol. The molecule has 0 atom stereocenters. The van der Waals surface area contributed by atoms with Crippen LogP contribution in [0.1, 0.15) is 22.4 Å². The van der Waals surface area contributed by atoms with Crippen LogP contribution in [0.3, 0.4) is 0 Å². The van der Waals surface area contributed by atoms with Gasteiger partial charge in [-0.25, -0.2) is 9.98 Å². The van der Waals surface area contributed by atoms with E-state index in [1.54, 1.807) is 25.4 Å². The Morgan fingerprint density at radius 3 is 2.76 bits per heavy atom. The van der Waals surface area contributed by atoms with Gasteiger partial charge < -0.3 is 20.3 Å². The lowest BCUT2D eigenvalue weighted by molar-refractivity contribution is -0.130. The van der Waals surface area contributed by atoms with Crippen LogP contribution < -0.4 is 15.4 Å². The lowest BCUT2D eigenvalue weighted by Gasteiger charge is -2.12. The Balaban J connectivity index is 0.00000420. The molecule has 0 saturated carbocycles. The van der Waals surface area contributed by atoms with Gasteiger partial charge in [0.1, 0.15) is 5.75 Å². The molecule has 2 N–H and O–H groups in total. The van der Waals surface area contributed by atoms with E-state index in [2.05, 4.69) is 27.5 Å². The van der Waals surface area contributed by atoms with E-state index in [0.717, 1.165) is 36.0 Å². The number of carbonyl (C=O) groups is 1. The summed E-state index contributed by atoms with van der Waals surface area (Å²) in [6.45, 7) is 6.21. The number of ether oxygens (including phenoxy) is 1. The van der Waals surface area contributed by atoms with Gasteiger partial charge in [-0.05, 0) is 31.5 Å². The van der Waals surface area contributed by atoms with Crippen molar-refractivity contribution in [2.75, 3.05) is 33.8 Å².